The summed E-state index contributed by atoms with van der Waals surface area (Å²) in [4.78, 5) is 0. The van der Waals surface area contributed by atoms with Crippen molar-refractivity contribution in [1.29, 1.82) is 0 Å². The van der Waals surface area contributed by atoms with Gasteiger partial charge in [-0.05, 0) is 53.9 Å². The topological polar surface area (TPSA) is 47.3 Å². The van der Waals surface area contributed by atoms with Gasteiger partial charge in [0.15, 0.2) is 0 Å². The molecule has 0 aliphatic heterocycles. The van der Waals surface area contributed by atoms with Crippen LogP contribution in [0.1, 0.15) is 17.2 Å². The second kappa shape index (κ2) is 7.35. The van der Waals surface area contributed by atoms with E-state index >= 15 is 0 Å². The highest BCUT2D eigenvalue weighted by atomic mass is 79.9. The molecule has 0 saturated carbocycles. The maximum absolute atomic E-state index is 13.5. The van der Waals surface area contributed by atoms with Gasteiger partial charge in [-0.2, -0.15) is 0 Å². The Balaban J connectivity index is 2.32. The SMILES string of the molecule is COc1ccc(Br)cc1CC(NN)c1cc(F)cc(Br)c1. The molecule has 0 bridgehead atoms. The monoisotopic (exact) mass is 416 g/mol. The molecule has 112 valence electrons. The first kappa shape index (κ1) is 16.4. The van der Waals surface area contributed by atoms with Gasteiger partial charge < -0.3 is 4.74 Å². The van der Waals surface area contributed by atoms with E-state index in [1.165, 1.54) is 12.1 Å². The van der Waals surface area contributed by atoms with Crippen LogP contribution in [0.4, 0.5) is 4.39 Å². The van der Waals surface area contributed by atoms with Gasteiger partial charge in [0, 0.05) is 8.95 Å². The molecule has 3 nitrogen and oxygen atoms in total. The number of hydrogen-bond acceptors (Lipinski definition) is 3. The second-order valence-corrected chi connectivity index (χ2v) is 6.41. The Hall–Kier alpha value is -0.950. The standard InChI is InChI=1S/C15H15Br2FN2O/c1-21-15-3-2-11(16)5-10(15)7-14(20-19)9-4-12(17)8-13(18)6-9/h2-6,8,14,20H,7,19H2,1H3. The molecule has 1 unspecified atom stereocenters. The van der Waals surface area contributed by atoms with Gasteiger partial charge in [0.05, 0.1) is 13.2 Å². The molecule has 0 saturated heterocycles. The quantitative estimate of drug-likeness (QED) is 0.568. The maximum atomic E-state index is 13.5. The van der Waals surface area contributed by atoms with Crippen molar-refractivity contribution in [3.05, 3.63) is 62.3 Å². The second-order valence-electron chi connectivity index (χ2n) is 4.58. The molecule has 2 aromatic carbocycles. The summed E-state index contributed by atoms with van der Waals surface area (Å²) in [5, 5.41) is 0. The smallest absolute Gasteiger partial charge is 0.124 e. The molecule has 0 aromatic heterocycles. The van der Waals surface area contributed by atoms with Crippen molar-refractivity contribution in [2.24, 2.45) is 5.84 Å². The maximum Gasteiger partial charge on any atom is 0.124 e. The summed E-state index contributed by atoms with van der Waals surface area (Å²) in [5.74, 6) is 6.11. The summed E-state index contributed by atoms with van der Waals surface area (Å²) in [6.07, 6.45) is 0.578. The highest BCUT2D eigenvalue weighted by Crippen LogP contribution is 2.29. The Morgan fingerprint density at radius 1 is 1.19 bits per heavy atom. The lowest BCUT2D eigenvalue weighted by Gasteiger charge is -2.19. The van der Waals surface area contributed by atoms with Crippen molar-refractivity contribution in [2.45, 2.75) is 12.5 Å². The molecule has 0 fully saturated rings. The van der Waals surface area contributed by atoms with E-state index in [9.17, 15) is 4.39 Å². The van der Waals surface area contributed by atoms with E-state index in [1.807, 2.05) is 24.3 Å². The minimum absolute atomic E-state index is 0.222. The van der Waals surface area contributed by atoms with Crippen LogP contribution in [0.2, 0.25) is 0 Å². The molecule has 3 N–H and O–H groups in total. The average molecular weight is 418 g/mol. The predicted octanol–water partition coefficient (Wildman–Crippen LogP) is 4.11. The normalized spacial score (nSPS) is 12.2. The zero-order valence-electron chi connectivity index (χ0n) is 11.4. The van der Waals surface area contributed by atoms with Crippen LogP contribution >= 0.6 is 31.9 Å². The van der Waals surface area contributed by atoms with Gasteiger partial charge in [0.2, 0.25) is 0 Å². The Labute approximate surface area is 139 Å². The first-order valence-electron chi connectivity index (χ1n) is 6.28. The van der Waals surface area contributed by atoms with E-state index in [1.54, 1.807) is 7.11 Å². The van der Waals surface area contributed by atoms with Crippen molar-refractivity contribution in [1.82, 2.24) is 5.43 Å². The van der Waals surface area contributed by atoms with Crippen LogP contribution in [0.5, 0.6) is 5.75 Å². The molecule has 0 aliphatic carbocycles. The minimum Gasteiger partial charge on any atom is -0.496 e. The fourth-order valence-electron chi connectivity index (χ4n) is 2.18. The number of hydrogen-bond donors (Lipinski definition) is 2. The van der Waals surface area contributed by atoms with Crippen LogP contribution in [0.25, 0.3) is 0 Å². The highest BCUT2D eigenvalue weighted by molar-refractivity contribution is 9.10. The number of benzene rings is 2. The number of ether oxygens (including phenoxy) is 1. The number of nitrogens with one attached hydrogen (secondary N) is 1. The molecule has 2 rings (SSSR count). The fraction of sp³-hybridized carbons (Fsp3) is 0.200. The van der Waals surface area contributed by atoms with Crippen molar-refractivity contribution >= 4 is 31.9 Å². The van der Waals surface area contributed by atoms with E-state index in [-0.39, 0.29) is 11.9 Å². The van der Waals surface area contributed by atoms with Gasteiger partial charge >= 0.3 is 0 Å². The van der Waals surface area contributed by atoms with Gasteiger partial charge in [-0.3, -0.25) is 11.3 Å². The van der Waals surface area contributed by atoms with Gasteiger partial charge in [-0.25, -0.2) is 4.39 Å². The van der Waals surface area contributed by atoms with Crippen molar-refractivity contribution in [3.8, 4) is 5.75 Å². The molecule has 0 heterocycles. The van der Waals surface area contributed by atoms with E-state index in [2.05, 4.69) is 37.3 Å². The predicted molar refractivity (Wildman–Crippen MR) is 88.6 cm³/mol. The number of nitrogens with two attached hydrogens (primary N) is 1. The van der Waals surface area contributed by atoms with Gasteiger partial charge in [-0.15, -0.1) is 0 Å². The summed E-state index contributed by atoms with van der Waals surface area (Å²) in [5.41, 5.74) is 4.49. The van der Waals surface area contributed by atoms with Crippen LogP contribution in [0.15, 0.2) is 45.3 Å². The molecular formula is C15H15Br2FN2O. The minimum atomic E-state index is -0.305. The number of rotatable bonds is 5. The van der Waals surface area contributed by atoms with E-state index in [0.29, 0.717) is 10.9 Å². The van der Waals surface area contributed by atoms with E-state index < -0.39 is 0 Å². The molecule has 1 atom stereocenters. The zero-order valence-corrected chi connectivity index (χ0v) is 14.5. The third-order valence-electron chi connectivity index (χ3n) is 3.15. The summed E-state index contributed by atoms with van der Waals surface area (Å²) in [6.45, 7) is 0. The highest BCUT2D eigenvalue weighted by Gasteiger charge is 2.15. The third kappa shape index (κ3) is 4.26. The molecule has 6 heteroatoms. The van der Waals surface area contributed by atoms with E-state index in [4.69, 9.17) is 10.6 Å². The van der Waals surface area contributed by atoms with Gasteiger partial charge in [0.1, 0.15) is 11.6 Å². The van der Waals surface area contributed by atoms with Crippen LogP contribution < -0.4 is 16.0 Å². The Morgan fingerprint density at radius 3 is 2.57 bits per heavy atom. The molecule has 2 aromatic rings. The molecule has 0 spiro atoms. The fourth-order valence-corrected chi connectivity index (χ4v) is 3.07. The van der Waals surface area contributed by atoms with Crippen molar-refractivity contribution < 1.29 is 9.13 Å². The molecule has 0 aliphatic rings. The van der Waals surface area contributed by atoms with Crippen LogP contribution in [0.3, 0.4) is 0 Å². The lowest BCUT2D eigenvalue weighted by molar-refractivity contribution is 0.405. The number of methoxy groups -OCH3 is 1. The van der Waals surface area contributed by atoms with Gasteiger partial charge in [-0.1, -0.05) is 31.9 Å². The summed E-state index contributed by atoms with van der Waals surface area (Å²) >= 11 is 6.74. The van der Waals surface area contributed by atoms with Crippen molar-refractivity contribution in [2.75, 3.05) is 7.11 Å². The van der Waals surface area contributed by atoms with Crippen LogP contribution in [-0.4, -0.2) is 7.11 Å². The average Bonchev–Trinajstić information content (AvgIpc) is 2.43. The Bertz CT molecular complexity index is 617. The first-order valence-corrected chi connectivity index (χ1v) is 7.86. The molecular weight excluding hydrogens is 403 g/mol. The van der Waals surface area contributed by atoms with Crippen LogP contribution in [-0.2, 0) is 6.42 Å². The first-order chi connectivity index (χ1) is 10.0. The zero-order chi connectivity index (χ0) is 15.4. The van der Waals surface area contributed by atoms with E-state index in [0.717, 1.165) is 21.3 Å². The Morgan fingerprint density at radius 2 is 1.95 bits per heavy atom. The van der Waals surface area contributed by atoms with Crippen LogP contribution in [0, 0.1) is 5.82 Å². The number of halogens is 3. The summed E-state index contributed by atoms with van der Waals surface area (Å²) in [6, 6.07) is 10.3. The Kier molecular flexibility index (Phi) is 5.75. The lowest BCUT2D eigenvalue weighted by atomic mass is 9.98. The molecule has 0 amide bonds. The number of hydrazine groups is 1. The molecule has 0 radical (unpaired) electrons. The largest absolute Gasteiger partial charge is 0.496 e. The summed E-state index contributed by atoms with van der Waals surface area (Å²) in [7, 11) is 1.62. The van der Waals surface area contributed by atoms with Crippen molar-refractivity contribution in [3.63, 3.8) is 0 Å². The molecule has 21 heavy (non-hydrogen) atoms. The lowest BCUT2D eigenvalue weighted by Crippen LogP contribution is -2.29. The third-order valence-corrected chi connectivity index (χ3v) is 4.11. The summed E-state index contributed by atoms with van der Waals surface area (Å²) < 4.78 is 20.5. The van der Waals surface area contributed by atoms with Gasteiger partial charge in [0.25, 0.3) is 0 Å².